The highest BCUT2D eigenvalue weighted by atomic mass is 79.9. The van der Waals surface area contributed by atoms with Crippen molar-refractivity contribution in [3.63, 3.8) is 0 Å². The molecule has 2 aromatic carbocycles. The van der Waals surface area contributed by atoms with E-state index in [1.807, 2.05) is 6.07 Å². The van der Waals surface area contributed by atoms with E-state index in [0.717, 1.165) is 8.78 Å². The summed E-state index contributed by atoms with van der Waals surface area (Å²) in [4.78, 5) is 12.0. The molecule has 0 aliphatic heterocycles. The van der Waals surface area contributed by atoms with E-state index in [2.05, 4.69) is 15.9 Å². The third-order valence-corrected chi connectivity index (χ3v) is 5.57. The highest BCUT2D eigenvalue weighted by Gasteiger charge is 2.16. The Kier molecular flexibility index (Phi) is 6.57. The summed E-state index contributed by atoms with van der Waals surface area (Å²) in [7, 11) is -0.516. The predicted molar refractivity (Wildman–Crippen MR) is 97.2 cm³/mol. The molecular weight excluding hydrogens is 410 g/mol. The van der Waals surface area contributed by atoms with Gasteiger partial charge in [0.25, 0.3) is 0 Å². The Morgan fingerprint density at radius 3 is 2.36 bits per heavy atom. The Balaban J connectivity index is 1.83. The standard InChI is InChI=1S/C17H18BrNO5S/c1-19(2)25(21,22)16-8-6-15(7-9-16)23-10-11-24-17(20)13-4-3-5-14(18)12-13/h3-9,12H,10-11H2,1-2H3. The molecule has 0 atom stereocenters. The van der Waals surface area contributed by atoms with Crippen LogP contribution in [0.4, 0.5) is 0 Å². The fourth-order valence-corrected chi connectivity index (χ4v) is 3.21. The fourth-order valence-electron chi connectivity index (χ4n) is 1.91. The van der Waals surface area contributed by atoms with Crippen LogP contribution in [0, 0.1) is 0 Å². The fraction of sp³-hybridized carbons (Fsp3) is 0.235. The molecule has 0 bridgehead atoms. The van der Waals surface area contributed by atoms with Gasteiger partial charge in [0.1, 0.15) is 19.0 Å². The van der Waals surface area contributed by atoms with E-state index in [1.165, 1.54) is 26.2 Å². The highest BCUT2D eigenvalue weighted by molar-refractivity contribution is 9.10. The summed E-state index contributed by atoms with van der Waals surface area (Å²) in [5.74, 6) is 0.0635. The van der Waals surface area contributed by atoms with E-state index >= 15 is 0 Å². The van der Waals surface area contributed by atoms with Gasteiger partial charge in [0.15, 0.2) is 0 Å². The SMILES string of the molecule is CN(C)S(=O)(=O)c1ccc(OCCOC(=O)c2cccc(Br)c2)cc1. The molecule has 0 amide bonds. The monoisotopic (exact) mass is 427 g/mol. The van der Waals surface area contributed by atoms with Crippen LogP contribution in [-0.2, 0) is 14.8 Å². The summed E-state index contributed by atoms with van der Waals surface area (Å²) >= 11 is 3.29. The molecular formula is C17H18BrNO5S. The van der Waals surface area contributed by atoms with E-state index < -0.39 is 16.0 Å². The van der Waals surface area contributed by atoms with Gasteiger partial charge in [-0.05, 0) is 42.5 Å². The predicted octanol–water partition coefficient (Wildman–Crippen LogP) is 2.94. The first kappa shape index (κ1) is 19.4. The molecule has 0 N–H and O–H groups in total. The second-order valence-electron chi connectivity index (χ2n) is 5.25. The van der Waals surface area contributed by atoms with Crippen molar-refractivity contribution in [1.82, 2.24) is 4.31 Å². The minimum atomic E-state index is -3.46. The van der Waals surface area contributed by atoms with Crippen LogP contribution in [0.15, 0.2) is 57.9 Å². The Bertz CT molecular complexity index is 834. The maximum Gasteiger partial charge on any atom is 0.338 e. The Morgan fingerprint density at radius 1 is 1.08 bits per heavy atom. The molecule has 0 fully saturated rings. The summed E-state index contributed by atoms with van der Waals surface area (Å²) in [5.41, 5.74) is 0.451. The van der Waals surface area contributed by atoms with Crippen LogP contribution >= 0.6 is 15.9 Å². The lowest BCUT2D eigenvalue weighted by atomic mass is 10.2. The van der Waals surface area contributed by atoms with Crippen LogP contribution < -0.4 is 4.74 Å². The van der Waals surface area contributed by atoms with Crippen LogP contribution in [-0.4, -0.2) is 46.0 Å². The molecule has 25 heavy (non-hydrogen) atoms. The van der Waals surface area contributed by atoms with Gasteiger partial charge in [0, 0.05) is 18.6 Å². The molecule has 0 unspecified atom stereocenters. The van der Waals surface area contributed by atoms with Crippen molar-refractivity contribution >= 4 is 31.9 Å². The number of halogens is 1. The lowest BCUT2D eigenvalue weighted by Gasteiger charge is -2.12. The minimum absolute atomic E-state index is 0.0864. The van der Waals surface area contributed by atoms with Gasteiger partial charge in [-0.3, -0.25) is 0 Å². The van der Waals surface area contributed by atoms with Gasteiger partial charge in [-0.2, -0.15) is 0 Å². The number of sulfonamides is 1. The smallest absolute Gasteiger partial charge is 0.338 e. The van der Waals surface area contributed by atoms with E-state index in [9.17, 15) is 13.2 Å². The van der Waals surface area contributed by atoms with E-state index in [4.69, 9.17) is 9.47 Å². The summed E-state index contributed by atoms with van der Waals surface area (Å²) < 4.78 is 36.4. The third kappa shape index (κ3) is 5.29. The lowest BCUT2D eigenvalue weighted by Crippen LogP contribution is -2.22. The van der Waals surface area contributed by atoms with Crippen molar-refractivity contribution in [3.05, 3.63) is 58.6 Å². The molecule has 0 saturated heterocycles. The zero-order valence-corrected chi connectivity index (χ0v) is 16.2. The number of carbonyl (C=O) groups excluding carboxylic acids is 1. The molecule has 2 aromatic rings. The van der Waals surface area contributed by atoms with Gasteiger partial charge in [-0.1, -0.05) is 22.0 Å². The van der Waals surface area contributed by atoms with Crippen LogP contribution in [0.25, 0.3) is 0 Å². The molecule has 0 aliphatic carbocycles. The number of carbonyl (C=O) groups is 1. The van der Waals surface area contributed by atoms with Crippen molar-refractivity contribution in [2.45, 2.75) is 4.90 Å². The molecule has 134 valence electrons. The molecule has 8 heteroatoms. The first-order valence-electron chi connectivity index (χ1n) is 7.39. The molecule has 0 spiro atoms. The van der Waals surface area contributed by atoms with Crippen LogP contribution in [0.5, 0.6) is 5.75 Å². The first-order valence-corrected chi connectivity index (χ1v) is 9.62. The van der Waals surface area contributed by atoms with Crippen LogP contribution in [0.3, 0.4) is 0 Å². The van der Waals surface area contributed by atoms with Gasteiger partial charge in [-0.15, -0.1) is 0 Å². The van der Waals surface area contributed by atoms with Gasteiger partial charge >= 0.3 is 5.97 Å². The zero-order chi connectivity index (χ0) is 18.4. The topological polar surface area (TPSA) is 72.9 Å². The molecule has 6 nitrogen and oxygen atoms in total. The summed E-state index contributed by atoms with van der Waals surface area (Å²) in [5, 5.41) is 0. The van der Waals surface area contributed by atoms with Crippen molar-refractivity contribution in [2.24, 2.45) is 0 Å². The van der Waals surface area contributed by atoms with Crippen LogP contribution in [0.2, 0.25) is 0 Å². The lowest BCUT2D eigenvalue weighted by molar-refractivity contribution is 0.0450. The maximum atomic E-state index is 12.0. The van der Waals surface area contributed by atoms with E-state index in [0.29, 0.717) is 11.3 Å². The Morgan fingerprint density at radius 2 is 1.76 bits per heavy atom. The van der Waals surface area contributed by atoms with E-state index in [1.54, 1.807) is 30.3 Å². The number of hydrogen-bond donors (Lipinski definition) is 0. The number of benzene rings is 2. The zero-order valence-electron chi connectivity index (χ0n) is 13.8. The Hall–Kier alpha value is -1.90. The second-order valence-corrected chi connectivity index (χ2v) is 8.32. The first-order chi connectivity index (χ1) is 11.8. The number of nitrogens with zero attached hydrogens (tertiary/aromatic N) is 1. The van der Waals surface area contributed by atoms with Crippen molar-refractivity contribution in [2.75, 3.05) is 27.3 Å². The maximum absolute atomic E-state index is 12.0. The van der Waals surface area contributed by atoms with Gasteiger partial charge in [-0.25, -0.2) is 17.5 Å². The molecule has 0 aliphatic rings. The quantitative estimate of drug-likeness (QED) is 0.501. The number of esters is 1. The van der Waals surface area contributed by atoms with Gasteiger partial charge in [0.05, 0.1) is 10.5 Å². The minimum Gasteiger partial charge on any atom is -0.490 e. The summed E-state index contributed by atoms with van der Waals surface area (Å²) in [6.07, 6.45) is 0. The molecule has 0 aromatic heterocycles. The van der Waals surface area contributed by atoms with Crippen molar-refractivity contribution < 1.29 is 22.7 Å². The molecule has 0 saturated carbocycles. The molecule has 0 radical (unpaired) electrons. The third-order valence-electron chi connectivity index (χ3n) is 3.25. The second kappa shape index (κ2) is 8.46. The normalized spacial score (nSPS) is 11.4. The average Bonchev–Trinajstić information content (AvgIpc) is 2.58. The molecule has 0 heterocycles. The van der Waals surface area contributed by atoms with Crippen molar-refractivity contribution in [1.29, 1.82) is 0 Å². The Labute approximate surface area is 155 Å². The average molecular weight is 428 g/mol. The number of hydrogen-bond acceptors (Lipinski definition) is 5. The number of ether oxygens (including phenoxy) is 2. The van der Waals surface area contributed by atoms with Gasteiger partial charge < -0.3 is 9.47 Å². The number of rotatable bonds is 7. The highest BCUT2D eigenvalue weighted by Crippen LogP contribution is 2.18. The summed E-state index contributed by atoms with van der Waals surface area (Å²) in [6, 6.07) is 13.0. The van der Waals surface area contributed by atoms with Gasteiger partial charge in [0.2, 0.25) is 10.0 Å². The summed E-state index contributed by atoms with van der Waals surface area (Å²) in [6.45, 7) is 0.253. The van der Waals surface area contributed by atoms with E-state index in [-0.39, 0.29) is 18.1 Å². The van der Waals surface area contributed by atoms with Crippen LogP contribution in [0.1, 0.15) is 10.4 Å². The van der Waals surface area contributed by atoms with Crippen molar-refractivity contribution in [3.8, 4) is 5.75 Å². The largest absolute Gasteiger partial charge is 0.490 e. The molecule has 2 rings (SSSR count).